The normalized spacial score (nSPS) is 13.7. The summed E-state index contributed by atoms with van der Waals surface area (Å²) in [5, 5.41) is 0. The predicted octanol–water partition coefficient (Wildman–Crippen LogP) is 3.11. The van der Waals surface area contributed by atoms with Crippen molar-refractivity contribution in [3.8, 4) is 23.0 Å². The third-order valence-corrected chi connectivity index (χ3v) is 4.88. The molecule has 0 aromatic heterocycles. The minimum atomic E-state index is -0.604. The van der Waals surface area contributed by atoms with Crippen molar-refractivity contribution in [3.63, 3.8) is 0 Å². The zero-order chi connectivity index (χ0) is 19.8. The lowest BCUT2D eigenvalue weighted by molar-refractivity contribution is -0.122. The lowest BCUT2D eigenvalue weighted by Gasteiger charge is -2.27. The third-order valence-electron chi connectivity index (χ3n) is 4.88. The van der Waals surface area contributed by atoms with Gasteiger partial charge in [-0.15, -0.1) is 0 Å². The zero-order valence-corrected chi connectivity index (χ0v) is 15.2. The molecule has 0 spiro atoms. The van der Waals surface area contributed by atoms with E-state index in [-0.39, 0.29) is 12.7 Å². The van der Waals surface area contributed by atoms with Crippen LogP contribution in [0, 0.1) is 0 Å². The second kappa shape index (κ2) is 6.87. The number of nitrogens with one attached hydrogen (secondary N) is 2. The molecule has 3 aromatic carbocycles. The van der Waals surface area contributed by atoms with Crippen molar-refractivity contribution < 1.29 is 23.8 Å². The Balaban J connectivity index is 1.37. The number of carbonyl (C=O) groups excluding carboxylic acids is 2. The maximum Gasteiger partial charge on any atom is 0.269 e. The van der Waals surface area contributed by atoms with Crippen LogP contribution in [0.3, 0.4) is 0 Å². The molecule has 0 atom stereocenters. The average molecular weight is 388 g/mol. The Morgan fingerprint density at radius 1 is 0.759 bits per heavy atom. The Morgan fingerprint density at radius 3 is 2.14 bits per heavy atom. The monoisotopic (exact) mass is 388 g/mol. The molecule has 2 aliphatic heterocycles. The van der Waals surface area contributed by atoms with Crippen molar-refractivity contribution in [2.24, 2.45) is 0 Å². The number of para-hydroxylation sites is 2. The van der Waals surface area contributed by atoms with Crippen LogP contribution in [0.5, 0.6) is 23.0 Å². The van der Waals surface area contributed by atoms with Crippen molar-refractivity contribution in [1.82, 2.24) is 10.9 Å². The van der Waals surface area contributed by atoms with Gasteiger partial charge in [0.05, 0.1) is 5.92 Å². The number of fused-ring (bicyclic) bond motifs is 3. The largest absolute Gasteiger partial charge is 0.457 e. The Morgan fingerprint density at radius 2 is 1.41 bits per heavy atom. The molecular weight excluding hydrogens is 372 g/mol. The number of ether oxygens (including phenoxy) is 3. The highest BCUT2D eigenvalue weighted by molar-refractivity contribution is 5.97. The van der Waals surface area contributed by atoms with Crippen LogP contribution < -0.4 is 25.1 Å². The number of amides is 2. The molecule has 5 rings (SSSR count). The first-order valence-corrected chi connectivity index (χ1v) is 9.06. The fourth-order valence-electron chi connectivity index (χ4n) is 3.49. The summed E-state index contributed by atoms with van der Waals surface area (Å²) in [5.41, 5.74) is 6.83. The van der Waals surface area contributed by atoms with Crippen molar-refractivity contribution in [3.05, 3.63) is 83.4 Å². The highest BCUT2D eigenvalue weighted by Gasteiger charge is 2.32. The van der Waals surface area contributed by atoms with Crippen LogP contribution in [0.25, 0.3) is 0 Å². The molecule has 2 aliphatic rings. The Bertz CT molecular complexity index is 1080. The zero-order valence-electron chi connectivity index (χ0n) is 15.2. The summed E-state index contributed by atoms with van der Waals surface area (Å²) < 4.78 is 16.4. The second-order valence-electron chi connectivity index (χ2n) is 6.62. The fourth-order valence-corrected chi connectivity index (χ4v) is 3.49. The average Bonchev–Trinajstić information content (AvgIpc) is 3.23. The first-order valence-electron chi connectivity index (χ1n) is 9.06. The van der Waals surface area contributed by atoms with E-state index in [1.807, 2.05) is 48.5 Å². The van der Waals surface area contributed by atoms with Gasteiger partial charge in [0.25, 0.3) is 11.8 Å². The number of hydrogen-bond acceptors (Lipinski definition) is 5. The molecule has 0 radical (unpaired) electrons. The Kier molecular flexibility index (Phi) is 4.05. The molecule has 144 valence electrons. The smallest absolute Gasteiger partial charge is 0.269 e. The van der Waals surface area contributed by atoms with E-state index in [0.717, 1.165) is 11.1 Å². The number of benzene rings is 3. The van der Waals surface area contributed by atoms with Gasteiger partial charge in [-0.25, -0.2) is 0 Å². The van der Waals surface area contributed by atoms with Crippen LogP contribution in [-0.2, 0) is 4.79 Å². The molecule has 0 saturated carbocycles. The van der Waals surface area contributed by atoms with E-state index in [9.17, 15) is 9.59 Å². The van der Waals surface area contributed by atoms with Crippen LogP contribution >= 0.6 is 0 Å². The van der Waals surface area contributed by atoms with Gasteiger partial charge in [-0.05, 0) is 30.3 Å². The van der Waals surface area contributed by atoms with Gasteiger partial charge < -0.3 is 14.2 Å². The lowest BCUT2D eigenvalue weighted by Crippen LogP contribution is -2.44. The molecule has 0 bridgehead atoms. The summed E-state index contributed by atoms with van der Waals surface area (Å²) in [6, 6.07) is 19.5. The molecule has 7 nitrogen and oxygen atoms in total. The van der Waals surface area contributed by atoms with Crippen molar-refractivity contribution >= 4 is 11.8 Å². The van der Waals surface area contributed by atoms with Gasteiger partial charge >= 0.3 is 0 Å². The van der Waals surface area contributed by atoms with E-state index in [1.54, 1.807) is 18.2 Å². The number of carbonyl (C=O) groups is 2. The summed E-state index contributed by atoms with van der Waals surface area (Å²) in [4.78, 5) is 25.5. The molecule has 3 aromatic rings. The molecule has 29 heavy (non-hydrogen) atoms. The van der Waals surface area contributed by atoms with E-state index >= 15 is 0 Å². The van der Waals surface area contributed by atoms with Gasteiger partial charge in [-0.3, -0.25) is 20.4 Å². The predicted molar refractivity (Wildman–Crippen MR) is 103 cm³/mol. The summed E-state index contributed by atoms with van der Waals surface area (Å²) in [7, 11) is 0. The molecule has 7 heteroatoms. The highest BCUT2D eigenvalue weighted by atomic mass is 16.7. The van der Waals surface area contributed by atoms with Crippen LogP contribution in [0.15, 0.2) is 66.7 Å². The van der Waals surface area contributed by atoms with Crippen LogP contribution in [-0.4, -0.2) is 18.6 Å². The molecule has 0 unspecified atom stereocenters. The van der Waals surface area contributed by atoms with Gasteiger partial charge in [0, 0.05) is 16.7 Å². The molecule has 2 N–H and O–H groups in total. The van der Waals surface area contributed by atoms with E-state index in [2.05, 4.69) is 10.9 Å². The van der Waals surface area contributed by atoms with Crippen molar-refractivity contribution in [2.45, 2.75) is 5.92 Å². The minimum Gasteiger partial charge on any atom is -0.457 e. The quantitative estimate of drug-likeness (QED) is 0.659. The lowest BCUT2D eigenvalue weighted by atomic mass is 9.87. The Labute approximate surface area is 166 Å². The van der Waals surface area contributed by atoms with Crippen LogP contribution in [0.2, 0.25) is 0 Å². The third kappa shape index (κ3) is 3.02. The molecule has 0 fully saturated rings. The van der Waals surface area contributed by atoms with Gasteiger partial charge in [-0.2, -0.15) is 0 Å². The van der Waals surface area contributed by atoms with E-state index < -0.39 is 11.8 Å². The summed E-state index contributed by atoms with van der Waals surface area (Å²) in [6.45, 7) is 0.125. The maximum atomic E-state index is 13.0. The first kappa shape index (κ1) is 17.1. The van der Waals surface area contributed by atoms with Gasteiger partial charge in [0.2, 0.25) is 6.79 Å². The van der Waals surface area contributed by atoms with E-state index in [4.69, 9.17) is 14.2 Å². The molecule has 2 heterocycles. The fraction of sp³-hybridized carbons (Fsp3) is 0.0909. The standard InChI is InChI=1S/C22H16N2O5/c25-21(13-9-10-18-19(11-13)28-12-27-18)23-24-22(26)20-14-5-1-3-7-16(14)29-17-8-4-2-6-15(17)20/h1-11,20H,12H2,(H,23,25)(H,24,26). The molecule has 2 amide bonds. The SMILES string of the molecule is O=C(NNC(=O)C1c2ccccc2Oc2ccccc21)c1ccc2c(c1)OCO2. The topological polar surface area (TPSA) is 85.9 Å². The molecule has 0 aliphatic carbocycles. The molecule has 0 saturated heterocycles. The van der Waals surface area contributed by atoms with E-state index in [0.29, 0.717) is 28.6 Å². The number of hydrogen-bond donors (Lipinski definition) is 2. The second-order valence-corrected chi connectivity index (χ2v) is 6.62. The maximum absolute atomic E-state index is 13.0. The summed E-state index contributed by atoms with van der Waals surface area (Å²) >= 11 is 0. The van der Waals surface area contributed by atoms with Gasteiger partial charge in [0.15, 0.2) is 11.5 Å². The first-order chi connectivity index (χ1) is 14.2. The molecular formula is C22H16N2O5. The number of rotatable bonds is 2. The van der Waals surface area contributed by atoms with Crippen LogP contribution in [0.1, 0.15) is 27.4 Å². The van der Waals surface area contributed by atoms with Gasteiger partial charge in [0.1, 0.15) is 11.5 Å². The summed E-state index contributed by atoms with van der Waals surface area (Å²) in [5.74, 6) is 0.903. The van der Waals surface area contributed by atoms with Crippen molar-refractivity contribution in [1.29, 1.82) is 0 Å². The van der Waals surface area contributed by atoms with Crippen molar-refractivity contribution in [2.75, 3.05) is 6.79 Å². The summed E-state index contributed by atoms with van der Waals surface area (Å²) in [6.07, 6.45) is 0. The number of hydrazine groups is 1. The Hall–Kier alpha value is -4.00. The van der Waals surface area contributed by atoms with Crippen LogP contribution in [0.4, 0.5) is 0 Å². The minimum absolute atomic E-state index is 0.125. The highest BCUT2D eigenvalue weighted by Crippen LogP contribution is 2.43. The van der Waals surface area contributed by atoms with E-state index in [1.165, 1.54) is 0 Å². The van der Waals surface area contributed by atoms with Gasteiger partial charge in [-0.1, -0.05) is 36.4 Å².